The summed E-state index contributed by atoms with van der Waals surface area (Å²) in [5, 5.41) is 0. The van der Waals surface area contributed by atoms with Crippen molar-refractivity contribution in [3.8, 4) is 0 Å². The lowest BCUT2D eigenvalue weighted by atomic mass is 10.0. The summed E-state index contributed by atoms with van der Waals surface area (Å²) in [6, 6.07) is 0.614. The summed E-state index contributed by atoms with van der Waals surface area (Å²) in [5.74, 6) is 5.23. The molecule has 0 spiro atoms. The fourth-order valence-electron chi connectivity index (χ4n) is 2.24. The zero-order valence-electron chi connectivity index (χ0n) is 9.53. The van der Waals surface area contributed by atoms with E-state index in [0.29, 0.717) is 18.4 Å². The van der Waals surface area contributed by atoms with E-state index in [1.165, 1.54) is 12.8 Å². The summed E-state index contributed by atoms with van der Waals surface area (Å²) in [7, 11) is 0. The van der Waals surface area contributed by atoms with Gasteiger partial charge >= 0.3 is 5.97 Å². The predicted octanol–water partition coefficient (Wildman–Crippen LogP) is 0.418. The van der Waals surface area contributed by atoms with E-state index in [-0.39, 0.29) is 5.97 Å². The smallest absolute Gasteiger partial charge is 0.327 e. The quantitative estimate of drug-likeness (QED) is 0.514. The molecule has 0 aromatic heterocycles. The van der Waals surface area contributed by atoms with Gasteiger partial charge in [-0.2, -0.15) is 0 Å². The predicted molar refractivity (Wildman–Crippen MR) is 57.5 cm³/mol. The molecule has 1 heterocycles. The Morgan fingerprint density at radius 3 is 3.00 bits per heavy atom. The van der Waals surface area contributed by atoms with Crippen molar-refractivity contribution in [3.63, 3.8) is 0 Å². The van der Waals surface area contributed by atoms with Crippen molar-refractivity contribution >= 4 is 5.97 Å². The van der Waals surface area contributed by atoms with Gasteiger partial charge in [-0.05, 0) is 25.3 Å². The molecule has 1 saturated heterocycles. The van der Waals surface area contributed by atoms with Gasteiger partial charge in [0.1, 0.15) is 0 Å². The van der Waals surface area contributed by atoms with Crippen molar-refractivity contribution in [1.29, 1.82) is 0 Å². The molecular formula is C10H21N3O2. The average molecular weight is 215 g/mol. The molecule has 1 unspecified atom stereocenters. The molecule has 0 saturated carbocycles. The van der Waals surface area contributed by atoms with Crippen LogP contribution in [-0.2, 0) is 9.63 Å². The van der Waals surface area contributed by atoms with Crippen LogP contribution in [0.25, 0.3) is 0 Å². The van der Waals surface area contributed by atoms with Crippen LogP contribution >= 0.6 is 0 Å². The Kier molecular flexibility index (Phi) is 5.01. The van der Waals surface area contributed by atoms with Crippen LogP contribution in [0.5, 0.6) is 0 Å². The molecule has 0 aromatic carbocycles. The van der Waals surface area contributed by atoms with E-state index in [4.69, 9.17) is 5.84 Å². The van der Waals surface area contributed by atoms with Crippen molar-refractivity contribution in [1.82, 2.24) is 10.5 Å². The van der Waals surface area contributed by atoms with E-state index >= 15 is 0 Å². The summed E-state index contributed by atoms with van der Waals surface area (Å²) in [6.07, 6.45) is 2.86. The monoisotopic (exact) mass is 215 g/mol. The number of carbonyl (C=O) groups excluding carboxylic acids is 1. The lowest BCUT2D eigenvalue weighted by molar-refractivity contribution is -0.151. The standard InChI is InChI=1S/C10H21N3O2/c1-8(2)9-4-3-6-13(9)7-5-10(14)15-12-11/h8-9,12H,3-7,11H2,1-2H3. The number of hydrogen-bond donors (Lipinski definition) is 2. The molecule has 15 heavy (non-hydrogen) atoms. The minimum atomic E-state index is -0.299. The highest BCUT2D eigenvalue weighted by Crippen LogP contribution is 2.23. The van der Waals surface area contributed by atoms with Crippen LogP contribution in [0.4, 0.5) is 0 Å². The number of nitrogens with zero attached hydrogens (tertiary/aromatic N) is 1. The van der Waals surface area contributed by atoms with E-state index in [9.17, 15) is 4.79 Å². The fraction of sp³-hybridized carbons (Fsp3) is 0.900. The lowest BCUT2D eigenvalue weighted by Gasteiger charge is -2.26. The van der Waals surface area contributed by atoms with Gasteiger partial charge in [-0.15, -0.1) is 0 Å². The Balaban J connectivity index is 2.28. The van der Waals surface area contributed by atoms with Gasteiger partial charge in [-0.25, -0.2) is 5.84 Å². The molecule has 5 heteroatoms. The molecule has 0 bridgehead atoms. The van der Waals surface area contributed by atoms with Crippen LogP contribution in [0, 0.1) is 5.92 Å². The maximum Gasteiger partial charge on any atom is 0.327 e. The Labute approximate surface area is 90.9 Å². The first-order chi connectivity index (χ1) is 7.15. The number of nitrogens with one attached hydrogen (secondary N) is 1. The lowest BCUT2D eigenvalue weighted by Crippen LogP contribution is -2.36. The van der Waals surface area contributed by atoms with Gasteiger partial charge in [0.25, 0.3) is 0 Å². The molecule has 88 valence electrons. The summed E-state index contributed by atoms with van der Waals surface area (Å²) in [4.78, 5) is 17.9. The van der Waals surface area contributed by atoms with E-state index in [1.54, 1.807) is 0 Å². The molecule has 5 nitrogen and oxygen atoms in total. The second kappa shape index (κ2) is 6.05. The summed E-state index contributed by atoms with van der Waals surface area (Å²) >= 11 is 0. The largest absolute Gasteiger partial charge is 0.356 e. The SMILES string of the molecule is CC(C)C1CCCN1CCC(=O)ONN. The van der Waals surface area contributed by atoms with Gasteiger partial charge in [-0.1, -0.05) is 19.4 Å². The van der Waals surface area contributed by atoms with Gasteiger partial charge in [0.2, 0.25) is 0 Å². The molecule has 1 rings (SSSR count). The van der Waals surface area contributed by atoms with Crippen LogP contribution < -0.4 is 11.4 Å². The fourth-order valence-corrected chi connectivity index (χ4v) is 2.24. The zero-order chi connectivity index (χ0) is 11.3. The number of nitrogens with two attached hydrogens (primary N) is 1. The highest BCUT2D eigenvalue weighted by molar-refractivity contribution is 5.69. The van der Waals surface area contributed by atoms with E-state index in [2.05, 4.69) is 23.6 Å². The molecule has 3 N–H and O–H groups in total. The molecule has 0 radical (unpaired) electrons. The van der Waals surface area contributed by atoms with Gasteiger partial charge < -0.3 is 4.84 Å². The van der Waals surface area contributed by atoms with Crippen LogP contribution in [0.3, 0.4) is 0 Å². The van der Waals surface area contributed by atoms with E-state index < -0.39 is 0 Å². The third-order valence-electron chi connectivity index (χ3n) is 2.96. The number of likely N-dealkylation sites (tertiary alicyclic amines) is 1. The Morgan fingerprint density at radius 2 is 2.40 bits per heavy atom. The van der Waals surface area contributed by atoms with E-state index in [0.717, 1.165) is 13.1 Å². The minimum Gasteiger partial charge on any atom is -0.356 e. The summed E-state index contributed by atoms with van der Waals surface area (Å²) in [6.45, 7) is 6.31. The number of carbonyl (C=O) groups is 1. The number of hydrazine groups is 1. The first kappa shape index (κ1) is 12.4. The third kappa shape index (κ3) is 3.77. The van der Waals surface area contributed by atoms with Gasteiger partial charge in [0, 0.05) is 12.6 Å². The van der Waals surface area contributed by atoms with Crippen molar-refractivity contribution in [2.45, 2.75) is 39.2 Å². The molecule has 1 aliphatic rings. The number of hydrogen-bond acceptors (Lipinski definition) is 5. The van der Waals surface area contributed by atoms with Crippen LogP contribution in [-0.4, -0.2) is 30.0 Å². The number of rotatable bonds is 5. The molecule has 1 aliphatic heterocycles. The molecule has 1 fully saturated rings. The van der Waals surface area contributed by atoms with Gasteiger partial charge in [-0.3, -0.25) is 9.69 Å². The highest BCUT2D eigenvalue weighted by atomic mass is 16.7. The third-order valence-corrected chi connectivity index (χ3v) is 2.96. The molecular weight excluding hydrogens is 194 g/mol. The Bertz CT molecular complexity index is 209. The summed E-state index contributed by atoms with van der Waals surface area (Å²) in [5.41, 5.74) is 1.91. The first-order valence-corrected chi connectivity index (χ1v) is 5.54. The van der Waals surface area contributed by atoms with Crippen molar-refractivity contribution in [2.24, 2.45) is 11.8 Å². The Morgan fingerprint density at radius 1 is 1.67 bits per heavy atom. The van der Waals surface area contributed by atoms with E-state index in [1.807, 2.05) is 5.59 Å². The summed E-state index contributed by atoms with van der Waals surface area (Å²) < 4.78 is 0. The topological polar surface area (TPSA) is 67.6 Å². The molecule has 0 aliphatic carbocycles. The zero-order valence-corrected chi connectivity index (χ0v) is 9.53. The average Bonchev–Trinajstić information content (AvgIpc) is 2.63. The van der Waals surface area contributed by atoms with Crippen molar-refractivity contribution in [2.75, 3.05) is 13.1 Å². The van der Waals surface area contributed by atoms with Gasteiger partial charge in [0.15, 0.2) is 0 Å². The highest BCUT2D eigenvalue weighted by Gasteiger charge is 2.26. The van der Waals surface area contributed by atoms with Crippen molar-refractivity contribution in [3.05, 3.63) is 0 Å². The Hall–Kier alpha value is -0.650. The first-order valence-electron chi connectivity index (χ1n) is 5.54. The normalized spacial score (nSPS) is 22.3. The van der Waals surface area contributed by atoms with Crippen LogP contribution in [0.1, 0.15) is 33.1 Å². The molecule has 0 amide bonds. The maximum absolute atomic E-state index is 11.1. The maximum atomic E-state index is 11.1. The second-order valence-corrected chi connectivity index (χ2v) is 4.33. The van der Waals surface area contributed by atoms with Crippen LogP contribution in [0.15, 0.2) is 0 Å². The molecule has 0 aromatic rings. The van der Waals surface area contributed by atoms with Gasteiger partial charge in [0.05, 0.1) is 6.42 Å². The van der Waals surface area contributed by atoms with Crippen molar-refractivity contribution < 1.29 is 9.63 Å². The van der Waals surface area contributed by atoms with Crippen LogP contribution in [0.2, 0.25) is 0 Å². The minimum absolute atomic E-state index is 0.299. The molecule has 1 atom stereocenters. The second-order valence-electron chi connectivity index (χ2n) is 4.33.